The highest BCUT2D eigenvalue weighted by atomic mass is 35.5. The summed E-state index contributed by atoms with van der Waals surface area (Å²) in [6.07, 6.45) is 0. The molecule has 0 radical (unpaired) electrons. The monoisotopic (exact) mass is 306 g/mol. The molecule has 2 aromatic rings. The Bertz CT molecular complexity index is 529. The van der Waals surface area contributed by atoms with E-state index in [0.29, 0.717) is 6.61 Å². The van der Waals surface area contributed by atoms with Crippen molar-refractivity contribution in [2.24, 2.45) is 0 Å². The maximum atomic E-state index is 5.61. The van der Waals surface area contributed by atoms with Gasteiger partial charge in [0.25, 0.3) is 0 Å². The quantitative estimate of drug-likeness (QED) is 0.803. The number of nitrogens with one attached hydrogen (secondary N) is 1. The van der Waals surface area contributed by atoms with Crippen LogP contribution in [-0.4, -0.2) is 13.7 Å². The molecule has 114 valence electrons. The maximum absolute atomic E-state index is 5.61. The topological polar surface area (TPSA) is 30.5 Å². The van der Waals surface area contributed by atoms with Gasteiger partial charge in [-0.3, -0.25) is 0 Å². The van der Waals surface area contributed by atoms with E-state index in [2.05, 4.69) is 23.5 Å². The average Bonchev–Trinajstić information content (AvgIpc) is 2.50. The first-order valence-corrected chi connectivity index (χ1v) is 6.88. The first-order valence-electron chi connectivity index (χ1n) is 6.88. The Kier molecular flexibility index (Phi) is 7.65. The van der Waals surface area contributed by atoms with E-state index in [-0.39, 0.29) is 12.4 Å². The summed E-state index contributed by atoms with van der Waals surface area (Å²) in [5.41, 5.74) is 2.42. The summed E-state index contributed by atoms with van der Waals surface area (Å²) in [6, 6.07) is 16.2. The minimum atomic E-state index is 0. The Hall–Kier alpha value is -1.71. The van der Waals surface area contributed by atoms with Crippen molar-refractivity contribution in [3.63, 3.8) is 0 Å². The molecule has 0 spiro atoms. The third kappa shape index (κ3) is 5.29. The fraction of sp³-hybridized carbons (Fsp3) is 0.294. The number of methoxy groups -OCH3 is 1. The fourth-order valence-electron chi connectivity index (χ4n) is 2.03. The molecule has 0 aliphatic rings. The summed E-state index contributed by atoms with van der Waals surface area (Å²) >= 11 is 0. The van der Waals surface area contributed by atoms with Crippen molar-refractivity contribution >= 4 is 0 Å². The van der Waals surface area contributed by atoms with Gasteiger partial charge in [-0.2, -0.15) is 0 Å². The molecule has 0 bridgehead atoms. The van der Waals surface area contributed by atoms with Gasteiger partial charge in [0.15, 0.2) is 0 Å². The van der Waals surface area contributed by atoms with Gasteiger partial charge in [0.05, 0.1) is 13.7 Å². The molecule has 4 heteroatoms. The van der Waals surface area contributed by atoms with Gasteiger partial charge in [-0.25, -0.2) is 0 Å². The third-order valence-corrected chi connectivity index (χ3v) is 3.08. The summed E-state index contributed by atoms with van der Waals surface area (Å²) in [5.74, 6) is 1.84. The molecule has 1 N–H and O–H groups in total. The van der Waals surface area contributed by atoms with Gasteiger partial charge in [-0.1, -0.05) is 30.3 Å². The van der Waals surface area contributed by atoms with Crippen molar-refractivity contribution < 1.29 is 21.9 Å². The lowest BCUT2D eigenvalue weighted by atomic mass is 10.2. The highest BCUT2D eigenvalue weighted by molar-refractivity contribution is 5.33. The second-order valence-corrected chi connectivity index (χ2v) is 4.49. The van der Waals surface area contributed by atoms with Crippen LogP contribution in [0.4, 0.5) is 0 Å². The molecule has 0 fully saturated rings. The summed E-state index contributed by atoms with van der Waals surface area (Å²) in [5, 5.41) is 3.43. The molecule has 0 atom stereocenters. The van der Waals surface area contributed by atoms with Crippen LogP contribution in [0, 0.1) is 0 Å². The Labute approximate surface area is 132 Å². The van der Waals surface area contributed by atoms with Crippen LogP contribution in [0.15, 0.2) is 48.5 Å². The van der Waals surface area contributed by atoms with Gasteiger partial charge in [0, 0.05) is 18.7 Å². The van der Waals surface area contributed by atoms with Crippen LogP contribution in [-0.2, 0) is 13.1 Å². The SMILES string of the molecule is CCOc1ccccc1CNCc1ccc(OC)cc1.[Cl-]. The molecule has 2 aromatic carbocycles. The number of hydrogen-bond acceptors (Lipinski definition) is 3. The Morgan fingerprint density at radius 1 is 0.952 bits per heavy atom. The predicted octanol–water partition coefficient (Wildman–Crippen LogP) is 0.388. The summed E-state index contributed by atoms with van der Waals surface area (Å²) in [7, 11) is 1.68. The van der Waals surface area contributed by atoms with E-state index in [1.165, 1.54) is 11.1 Å². The minimum Gasteiger partial charge on any atom is -1.00 e. The second kappa shape index (κ2) is 9.27. The largest absolute Gasteiger partial charge is 1.00 e. The lowest BCUT2D eigenvalue weighted by molar-refractivity contribution is -0.00000497. The summed E-state index contributed by atoms with van der Waals surface area (Å²) in [4.78, 5) is 0. The van der Waals surface area contributed by atoms with Gasteiger partial charge in [-0.15, -0.1) is 0 Å². The summed E-state index contributed by atoms with van der Waals surface area (Å²) in [6.45, 7) is 4.31. The van der Waals surface area contributed by atoms with Crippen LogP contribution in [0.1, 0.15) is 18.1 Å². The number of benzene rings is 2. The molecule has 0 unspecified atom stereocenters. The lowest BCUT2D eigenvalue weighted by Gasteiger charge is -2.11. The number of hydrogen-bond donors (Lipinski definition) is 1. The molecule has 0 amide bonds. The average molecular weight is 307 g/mol. The maximum Gasteiger partial charge on any atom is 0.123 e. The van der Waals surface area contributed by atoms with E-state index in [4.69, 9.17) is 9.47 Å². The third-order valence-electron chi connectivity index (χ3n) is 3.08. The molecule has 0 aliphatic heterocycles. The minimum absolute atomic E-state index is 0. The number of rotatable bonds is 7. The second-order valence-electron chi connectivity index (χ2n) is 4.49. The van der Waals surface area contributed by atoms with Gasteiger partial charge in [-0.05, 0) is 30.7 Å². The molecule has 3 nitrogen and oxygen atoms in total. The molecular weight excluding hydrogens is 286 g/mol. The number of para-hydroxylation sites is 1. The zero-order valence-corrected chi connectivity index (χ0v) is 13.2. The van der Waals surface area contributed by atoms with Gasteiger partial charge < -0.3 is 27.2 Å². The summed E-state index contributed by atoms with van der Waals surface area (Å²) < 4.78 is 10.8. The molecule has 0 heterocycles. The van der Waals surface area contributed by atoms with Crippen LogP contribution in [0.5, 0.6) is 11.5 Å². The first kappa shape index (κ1) is 17.3. The van der Waals surface area contributed by atoms with Crippen molar-refractivity contribution in [1.29, 1.82) is 0 Å². The van der Waals surface area contributed by atoms with Crippen molar-refractivity contribution in [2.45, 2.75) is 20.0 Å². The van der Waals surface area contributed by atoms with Gasteiger partial charge in [0.2, 0.25) is 0 Å². The molecular formula is C17H21ClNO2-. The zero-order chi connectivity index (χ0) is 14.2. The van der Waals surface area contributed by atoms with Crippen LogP contribution in [0.25, 0.3) is 0 Å². The van der Waals surface area contributed by atoms with Crippen LogP contribution < -0.4 is 27.2 Å². The number of ether oxygens (including phenoxy) is 2. The molecule has 0 saturated heterocycles. The Balaban J connectivity index is 0.00000220. The van der Waals surface area contributed by atoms with Gasteiger partial charge in [0.1, 0.15) is 11.5 Å². The predicted molar refractivity (Wildman–Crippen MR) is 81.1 cm³/mol. The van der Waals surface area contributed by atoms with Gasteiger partial charge >= 0.3 is 0 Å². The Morgan fingerprint density at radius 2 is 1.67 bits per heavy atom. The smallest absolute Gasteiger partial charge is 0.123 e. The van der Waals surface area contributed by atoms with E-state index in [1.54, 1.807) is 7.11 Å². The highest BCUT2D eigenvalue weighted by Gasteiger charge is 2.02. The molecule has 0 saturated carbocycles. The van der Waals surface area contributed by atoms with E-state index in [9.17, 15) is 0 Å². The van der Waals surface area contributed by atoms with Crippen molar-refractivity contribution in [3.8, 4) is 11.5 Å². The van der Waals surface area contributed by atoms with Crippen molar-refractivity contribution in [3.05, 3.63) is 59.7 Å². The van der Waals surface area contributed by atoms with E-state index in [1.807, 2.05) is 37.3 Å². The number of halogens is 1. The zero-order valence-electron chi connectivity index (χ0n) is 12.4. The van der Waals surface area contributed by atoms with Crippen LogP contribution in [0.3, 0.4) is 0 Å². The van der Waals surface area contributed by atoms with Crippen LogP contribution in [0.2, 0.25) is 0 Å². The van der Waals surface area contributed by atoms with E-state index >= 15 is 0 Å². The van der Waals surface area contributed by atoms with Crippen molar-refractivity contribution in [1.82, 2.24) is 5.32 Å². The van der Waals surface area contributed by atoms with Crippen LogP contribution >= 0.6 is 0 Å². The van der Waals surface area contributed by atoms with E-state index < -0.39 is 0 Å². The fourth-order valence-corrected chi connectivity index (χ4v) is 2.03. The highest BCUT2D eigenvalue weighted by Crippen LogP contribution is 2.18. The molecule has 0 aliphatic carbocycles. The lowest BCUT2D eigenvalue weighted by Crippen LogP contribution is -3.00. The molecule has 21 heavy (non-hydrogen) atoms. The first-order chi connectivity index (χ1) is 9.83. The normalized spacial score (nSPS) is 9.81. The van der Waals surface area contributed by atoms with E-state index in [0.717, 1.165) is 24.6 Å². The Morgan fingerprint density at radius 3 is 2.33 bits per heavy atom. The standard InChI is InChI=1S/C17H21NO2.ClH/c1-3-20-17-7-5-4-6-15(17)13-18-12-14-8-10-16(19-2)11-9-14;/h4-11,18H,3,12-13H2,1-2H3;1H/p-1. The molecule has 2 rings (SSSR count). The molecule has 0 aromatic heterocycles. The van der Waals surface area contributed by atoms with Crippen molar-refractivity contribution in [2.75, 3.05) is 13.7 Å².